The number of nitrogens with two attached hydrogens (primary N) is 1. The van der Waals surface area contributed by atoms with E-state index in [4.69, 9.17) is 5.73 Å². The molecule has 2 rings (SSSR count). The molecule has 3 N–H and O–H groups in total. The molecule has 0 amide bonds. The van der Waals surface area contributed by atoms with Crippen molar-refractivity contribution in [2.75, 3.05) is 0 Å². The zero-order valence-corrected chi connectivity index (χ0v) is 13.2. The molecule has 1 heterocycles. The SMILES string of the molecule is NCc1cccc(S(=O)(=O)NCc2ccc(Br)s2)c1. The third-order valence-electron chi connectivity index (χ3n) is 2.51. The Labute approximate surface area is 124 Å². The average molecular weight is 361 g/mol. The molecule has 0 aliphatic rings. The van der Waals surface area contributed by atoms with Crippen LogP contribution in [-0.4, -0.2) is 8.42 Å². The van der Waals surface area contributed by atoms with E-state index in [9.17, 15) is 8.42 Å². The summed E-state index contributed by atoms with van der Waals surface area (Å²) >= 11 is 4.84. The zero-order chi connectivity index (χ0) is 13.9. The normalized spacial score (nSPS) is 11.7. The second kappa shape index (κ2) is 6.15. The van der Waals surface area contributed by atoms with E-state index in [0.717, 1.165) is 14.2 Å². The minimum Gasteiger partial charge on any atom is -0.326 e. The van der Waals surface area contributed by atoms with Crippen LogP contribution in [0.3, 0.4) is 0 Å². The first-order valence-corrected chi connectivity index (χ1v) is 8.63. The summed E-state index contributed by atoms with van der Waals surface area (Å²) in [6.07, 6.45) is 0. The van der Waals surface area contributed by atoms with Crippen LogP contribution in [0.2, 0.25) is 0 Å². The van der Waals surface area contributed by atoms with Gasteiger partial charge in [0.15, 0.2) is 0 Å². The van der Waals surface area contributed by atoms with Crippen molar-refractivity contribution >= 4 is 37.3 Å². The van der Waals surface area contributed by atoms with E-state index in [2.05, 4.69) is 20.7 Å². The second-order valence-electron chi connectivity index (χ2n) is 3.88. The standard InChI is InChI=1S/C12H13BrN2O2S2/c13-12-5-4-10(18-12)8-15-19(16,17)11-3-1-2-9(6-11)7-14/h1-6,15H,7-8,14H2. The van der Waals surface area contributed by atoms with Crippen molar-refractivity contribution in [2.45, 2.75) is 18.0 Å². The van der Waals surface area contributed by atoms with E-state index in [0.29, 0.717) is 6.54 Å². The Kier molecular flexibility index (Phi) is 4.75. The van der Waals surface area contributed by atoms with Gasteiger partial charge in [0.05, 0.1) is 8.68 Å². The fourth-order valence-corrected chi connectivity index (χ4v) is 4.13. The van der Waals surface area contributed by atoms with Gasteiger partial charge in [-0.1, -0.05) is 12.1 Å². The molecule has 0 bridgehead atoms. The summed E-state index contributed by atoms with van der Waals surface area (Å²) in [5.41, 5.74) is 6.30. The molecule has 0 aliphatic heterocycles. The van der Waals surface area contributed by atoms with Gasteiger partial charge in [-0.2, -0.15) is 0 Å². The molecule has 0 saturated carbocycles. The molecule has 102 valence electrons. The van der Waals surface area contributed by atoms with Crippen LogP contribution in [0.5, 0.6) is 0 Å². The Morgan fingerprint density at radius 3 is 2.68 bits per heavy atom. The number of rotatable bonds is 5. The van der Waals surface area contributed by atoms with Gasteiger partial charge in [0.1, 0.15) is 0 Å². The van der Waals surface area contributed by atoms with Crippen LogP contribution < -0.4 is 10.5 Å². The molecule has 4 nitrogen and oxygen atoms in total. The Morgan fingerprint density at radius 2 is 2.05 bits per heavy atom. The summed E-state index contributed by atoms with van der Waals surface area (Å²) in [5, 5.41) is 0. The maximum atomic E-state index is 12.1. The highest BCUT2D eigenvalue weighted by Crippen LogP contribution is 2.22. The van der Waals surface area contributed by atoms with E-state index < -0.39 is 10.0 Å². The third-order valence-corrected chi connectivity index (χ3v) is 5.53. The lowest BCUT2D eigenvalue weighted by molar-refractivity contribution is 0.581. The number of sulfonamides is 1. The summed E-state index contributed by atoms with van der Waals surface area (Å²) < 4.78 is 27.8. The van der Waals surface area contributed by atoms with Gasteiger partial charge in [0.2, 0.25) is 10.0 Å². The van der Waals surface area contributed by atoms with E-state index in [1.54, 1.807) is 24.3 Å². The fourth-order valence-electron chi connectivity index (χ4n) is 1.54. The maximum Gasteiger partial charge on any atom is 0.240 e. The van der Waals surface area contributed by atoms with Crippen LogP contribution in [0.1, 0.15) is 10.4 Å². The molecular formula is C12H13BrN2O2S2. The van der Waals surface area contributed by atoms with Crippen molar-refractivity contribution in [3.8, 4) is 0 Å². The van der Waals surface area contributed by atoms with E-state index in [1.807, 2.05) is 12.1 Å². The van der Waals surface area contributed by atoms with E-state index >= 15 is 0 Å². The topological polar surface area (TPSA) is 72.2 Å². The molecule has 0 spiro atoms. The summed E-state index contributed by atoms with van der Waals surface area (Å²) in [5.74, 6) is 0. The molecule has 0 radical (unpaired) electrons. The number of hydrogen-bond acceptors (Lipinski definition) is 4. The third kappa shape index (κ3) is 3.87. The van der Waals surface area contributed by atoms with Crippen molar-refractivity contribution in [3.63, 3.8) is 0 Å². The van der Waals surface area contributed by atoms with Crippen molar-refractivity contribution in [1.82, 2.24) is 4.72 Å². The highest BCUT2D eigenvalue weighted by atomic mass is 79.9. The van der Waals surface area contributed by atoms with Crippen molar-refractivity contribution < 1.29 is 8.42 Å². The summed E-state index contributed by atoms with van der Waals surface area (Å²) in [6.45, 7) is 0.604. The molecule has 2 aromatic rings. The molecule has 1 aromatic heterocycles. The van der Waals surface area contributed by atoms with Crippen LogP contribution in [0.4, 0.5) is 0 Å². The molecule has 0 unspecified atom stereocenters. The minimum absolute atomic E-state index is 0.242. The van der Waals surface area contributed by atoms with Gasteiger partial charge in [-0.3, -0.25) is 0 Å². The first-order chi connectivity index (χ1) is 9.01. The molecule has 1 aromatic carbocycles. The number of benzene rings is 1. The number of nitrogens with one attached hydrogen (secondary N) is 1. The lowest BCUT2D eigenvalue weighted by Gasteiger charge is -2.07. The van der Waals surface area contributed by atoms with Crippen molar-refractivity contribution in [1.29, 1.82) is 0 Å². The van der Waals surface area contributed by atoms with Gasteiger partial charge in [0, 0.05) is 18.0 Å². The molecule has 19 heavy (non-hydrogen) atoms. The monoisotopic (exact) mass is 360 g/mol. The molecule has 0 saturated heterocycles. The van der Waals surface area contributed by atoms with Crippen LogP contribution in [0.15, 0.2) is 45.1 Å². The van der Waals surface area contributed by atoms with Gasteiger partial charge in [-0.15, -0.1) is 11.3 Å². The first-order valence-electron chi connectivity index (χ1n) is 5.54. The zero-order valence-electron chi connectivity index (χ0n) is 9.97. The van der Waals surface area contributed by atoms with E-state index in [1.165, 1.54) is 11.3 Å². The Hall–Kier alpha value is -0.730. The summed E-state index contributed by atoms with van der Waals surface area (Å²) in [4.78, 5) is 1.19. The number of halogens is 1. The molecule has 7 heteroatoms. The smallest absolute Gasteiger partial charge is 0.240 e. The van der Waals surface area contributed by atoms with Crippen LogP contribution in [-0.2, 0) is 23.1 Å². The lowest BCUT2D eigenvalue weighted by atomic mass is 10.2. The summed E-state index contributed by atoms with van der Waals surface area (Å²) in [6, 6.07) is 10.4. The first kappa shape index (κ1) is 14.7. The maximum absolute atomic E-state index is 12.1. The highest BCUT2D eigenvalue weighted by Gasteiger charge is 2.14. The number of thiophene rings is 1. The quantitative estimate of drug-likeness (QED) is 0.859. The van der Waals surface area contributed by atoms with Crippen molar-refractivity contribution in [2.24, 2.45) is 5.73 Å². The molecular weight excluding hydrogens is 348 g/mol. The van der Waals surface area contributed by atoms with E-state index in [-0.39, 0.29) is 11.4 Å². The average Bonchev–Trinajstić information content (AvgIpc) is 2.82. The van der Waals surface area contributed by atoms with Crippen LogP contribution >= 0.6 is 27.3 Å². The van der Waals surface area contributed by atoms with Gasteiger partial charge in [0.25, 0.3) is 0 Å². The van der Waals surface area contributed by atoms with Gasteiger partial charge in [-0.25, -0.2) is 13.1 Å². The predicted molar refractivity (Wildman–Crippen MR) is 80.4 cm³/mol. The van der Waals surface area contributed by atoms with Crippen LogP contribution in [0.25, 0.3) is 0 Å². The predicted octanol–water partition coefficient (Wildman–Crippen LogP) is 2.45. The fraction of sp³-hybridized carbons (Fsp3) is 0.167. The van der Waals surface area contributed by atoms with Gasteiger partial charge < -0.3 is 5.73 Å². The largest absolute Gasteiger partial charge is 0.326 e. The Morgan fingerprint density at radius 1 is 1.26 bits per heavy atom. The van der Waals surface area contributed by atoms with Gasteiger partial charge >= 0.3 is 0 Å². The Balaban J connectivity index is 2.13. The minimum atomic E-state index is -3.50. The van der Waals surface area contributed by atoms with Crippen molar-refractivity contribution in [3.05, 3.63) is 50.6 Å². The molecule has 0 atom stereocenters. The molecule has 0 fully saturated rings. The second-order valence-corrected chi connectivity index (χ2v) is 8.20. The Bertz CT molecular complexity index is 668. The number of hydrogen-bond donors (Lipinski definition) is 2. The lowest BCUT2D eigenvalue weighted by Crippen LogP contribution is -2.23. The summed E-state index contributed by atoms with van der Waals surface area (Å²) in [7, 11) is -3.50. The van der Waals surface area contributed by atoms with Crippen LogP contribution in [0, 0.1) is 0 Å². The molecule has 0 aliphatic carbocycles. The highest BCUT2D eigenvalue weighted by molar-refractivity contribution is 9.11. The van der Waals surface area contributed by atoms with Gasteiger partial charge in [-0.05, 0) is 45.8 Å².